The molecule has 2 aromatic carbocycles. The van der Waals surface area contributed by atoms with Crippen molar-refractivity contribution < 1.29 is 9.59 Å². The molecule has 0 fully saturated rings. The fourth-order valence-corrected chi connectivity index (χ4v) is 2.65. The molecule has 0 saturated carbocycles. The van der Waals surface area contributed by atoms with E-state index in [0.29, 0.717) is 11.3 Å². The Hall–Kier alpha value is -2.66. The lowest BCUT2D eigenvalue weighted by Crippen LogP contribution is -2.34. The highest BCUT2D eigenvalue weighted by atomic mass is 79.9. The van der Waals surface area contributed by atoms with E-state index in [1.54, 1.807) is 24.3 Å². The second kappa shape index (κ2) is 7.27. The van der Waals surface area contributed by atoms with Crippen LogP contribution in [0.3, 0.4) is 0 Å². The van der Waals surface area contributed by atoms with Gasteiger partial charge in [0.2, 0.25) is 0 Å². The first kappa shape index (κ1) is 16.2. The van der Waals surface area contributed by atoms with Gasteiger partial charge in [0.05, 0.1) is 0 Å². The first-order chi connectivity index (χ1) is 11.6. The van der Waals surface area contributed by atoms with Crippen molar-refractivity contribution in [2.75, 3.05) is 5.32 Å². The Kier molecular flexibility index (Phi) is 4.91. The Morgan fingerprint density at radius 2 is 1.50 bits per heavy atom. The minimum Gasteiger partial charge on any atom is -0.308 e. The van der Waals surface area contributed by atoms with Gasteiger partial charge in [-0.1, -0.05) is 52.4 Å². The van der Waals surface area contributed by atoms with E-state index in [9.17, 15) is 9.59 Å². The number of amides is 3. The summed E-state index contributed by atoms with van der Waals surface area (Å²) in [6.07, 6.45) is 8.23. The lowest BCUT2D eigenvalue weighted by atomic mass is 10.0. The number of halogens is 1. The summed E-state index contributed by atoms with van der Waals surface area (Å²) in [6, 6.07) is 13.8. The van der Waals surface area contributed by atoms with E-state index in [2.05, 4.69) is 38.7 Å². The molecular formula is C19H15BrN2O2. The molecule has 0 unspecified atom stereocenters. The number of hydrogen-bond acceptors (Lipinski definition) is 2. The van der Waals surface area contributed by atoms with Crippen LogP contribution in [0.5, 0.6) is 0 Å². The molecule has 0 aromatic heterocycles. The molecule has 0 spiro atoms. The summed E-state index contributed by atoms with van der Waals surface area (Å²) in [5, 5.41) is 4.96. The molecule has 24 heavy (non-hydrogen) atoms. The summed E-state index contributed by atoms with van der Waals surface area (Å²) in [6.45, 7) is 0. The maximum Gasteiger partial charge on any atom is 0.326 e. The number of carbonyl (C=O) groups is 2. The molecule has 1 aliphatic carbocycles. The summed E-state index contributed by atoms with van der Waals surface area (Å²) < 4.78 is 0.871. The van der Waals surface area contributed by atoms with E-state index in [1.807, 2.05) is 36.4 Å². The zero-order chi connectivity index (χ0) is 16.9. The average molecular weight is 383 g/mol. The van der Waals surface area contributed by atoms with Crippen molar-refractivity contribution >= 4 is 33.6 Å². The third-order valence-corrected chi connectivity index (χ3v) is 4.16. The first-order valence-electron chi connectivity index (χ1n) is 7.45. The van der Waals surface area contributed by atoms with Crippen LogP contribution in [0.1, 0.15) is 21.8 Å². The molecule has 120 valence electrons. The molecule has 0 aliphatic heterocycles. The number of imide groups is 1. The second-order valence-corrected chi connectivity index (χ2v) is 6.25. The van der Waals surface area contributed by atoms with Gasteiger partial charge < -0.3 is 5.32 Å². The second-order valence-electron chi connectivity index (χ2n) is 5.33. The van der Waals surface area contributed by atoms with E-state index in [-0.39, 0.29) is 5.92 Å². The molecule has 3 amide bonds. The topological polar surface area (TPSA) is 58.2 Å². The van der Waals surface area contributed by atoms with Crippen LogP contribution in [0.15, 0.2) is 77.3 Å². The average Bonchev–Trinajstić information content (AvgIpc) is 3.10. The molecule has 2 N–H and O–H groups in total. The Morgan fingerprint density at radius 1 is 0.875 bits per heavy atom. The predicted molar refractivity (Wildman–Crippen MR) is 98.1 cm³/mol. The van der Waals surface area contributed by atoms with Crippen LogP contribution in [0.25, 0.3) is 0 Å². The highest BCUT2D eigenvalue weighted by Gasteiger charge is 2.11. The smallest absolute Gasteiger partial charge is 0.308 e. The van der Waals surface area contributed by atoms with Gasteiger partial charge in [-0.05, 0) is 42.0 Å². The monoisotopic (exact) mass is 382 g/mol. The number of allylic oxidation sites excluding steroid dienone is 4. The number of benzene rings is 2. The Bertz CT molecular complexity index is 796. The molecule has 4 nitrogen and oxygen atoms in total. The van der Waals surface area contributed by atoms with E-state index in [4.69, 9.17) is 0 Å². The zero-order valence-corrected chi connectivity index (χ0v) is 14.3. The van der Waals surface area contributed by atoms with E-state index in [1.165, 1.54) is 0 Å². The molecule has 0 bridgehead atoms. The lowest BCUT2D eigenvalue weighted by molar-refractivity contribution is 0.0967. The minimum atomic E-state index is -0.559. The third-order valence-electron chi connectivity index (χ3n) is 3.63. The fraction of sp³-hybridized carbons (Fsp3) is 0.0526. The van der Waals surface area contributed by atoms with Crippen LogP contribution in [0.2, 0.25) is 0 Å². The Balaban J connectivity index is 1.58. The fourth-order valence-electron chi connectivity index (χ4n) is 2.38. The van der Waals surface area contributed by atoms with E-state index >= 15 is 0 Å². The van der Waals surface area contributed by atoms with Crippen molar-refractivity contribution in [1.29, 1.82) is 0 Å². The SMILES string of the molecule is O=C(NC(=O)c1ccc(Br)cc1)Nc1ccc(C2C=CC=C2)cc1. The number of hydrogen-bond donors (Lipinski definition) is 2. The number of nitrogens with one attached hydrogen (secondary N) is 2. The van der Waals surface area contributed by atoms with Crippen LogP contribution in [0.4, 0.5) is 10.5 Å². The number of carbonyl (C=O) groups excluding carboxylic acids is 2. The Labute approximate surface area is 148 Å². The van der Waals surface area contributed by atoms with Crippen molar-refractivity contribution in [2.45, 2.75) is 5.92 Å². The van der Waals surface area contributed by atoms with Crippen LogP contribution in [0, 0.1) is 0 Å². The quantitative estimate of drug-likeness (QED) is 0.813. The predicted octanol–water partition coefficient (Wildman–Crippen LogP) is 4.62. The highest BCUT2D eigenvalue weighted by molar-refractivity contribution is 9.10. The van der Waals surface area contributed by atoms with Crippen molar-refractivity contribution in [1.82, 2.24) is 5.32 Å². The number of urea groups is 1. The molecule has 1 aliphatic rings. The Morgan fingerprint density at radius 3 is 2.12 bits per heavy atom. The van der Waals surface area contributed by atoms with Crippen molar-refractivity contribution in [3.8, 4) is 0 Å². The maximum atomic E-state index is 12.0. The summed E-state index contributed by atoms with van der Waals surface area (Å²) in [4.78, 5) is 23.9. The molecule has 0 saturated heterocycles. The van der Waals surface area contributed by atoms with Gasteiger partial charge in [-0.25, -0.2) is 4.79 Å². The summed E-state index contributed by atoms with van der Waals surface area (Å²) in [5.74, 6) is -0.162. The van der Waals surface area contributed by atoms with Gasteiger partial charge in [0.1, 0.15) is 0 Å². The molecule has 0 heterocycles. The summed E-state index contributed by atoms with van der Waals surface area (Å²) in [7, 11) is 0. The number of anilines is 1. The molecule has 2 aromatic rings. The van der Waals surface area contributed by atoms with Gasteiger partial charge in [0.25, 0.3) is 5.91 Å². The van der Waals surface area contributed by atoms with Gasteiger partial charge in [0.15, 0.2) is 0 Å². The van der Waals surface area contributed by atoms with Crippen LogP contribution in [-0.2, 0) is 0 Å². The largest absolute Gasteiger partial charge is 0.326 e. The van der Waals surface area contributed by atoms with Crippen molar-refractivity contribution in [3.63, 3.8) is 0 Å². The number of rotatable bonds is 3. The minimum absolute atomic E-state index is 0.284. The molecule has 0 atom stereocenters. The maximum absolute atomic E-state index is 12.0. The zero-order valence-electron chi connectivity index (χ0n) is 12.7. The summed E-state index contributed by atoms with van der Waals surface area (Å²) >= 11 is 3.30. The summed E-state index contributed by atoms with van der Waals surface area (Å²) in [5.41, 5.74) is 2.20. The van der Waals surface area contributed by atoms with Crippen molar-refractivity contribution in [3.05, 3.63) is 88.4 Å². The van der Waals surface area contributed by atoms with Crippen LogP contribution < -0.4 is 10.6 Å². The normalized spacial score (nSPS) is 13.0. The van der Waals surface area contributed by atoms with Gasteiger partial charge in [0, 0.05) is 21.6 Å². The standard InChI is InChI=1S/C19H15BrN2O2/c20-16-9-5-15(6-10-16)18(23)22-19(24)21-17-11-7-14(8-12-17)13-3-1-2-4-13/h1-13H,(H2,21,22,23,24). The lowest BCUT2D eigenvalue weighted by Gasteiger charge is -2.09. The van der Waals surface area contributed by atoms with E-state index in [0.717, 1.165) is 10.0 Å². The first-order valence-corrected chi connectivity index (χ1v) is 8.24. The van der Waals surface area contributed by atoms with Crippen LogP contribution >= 0.6 is 15.9 Å². The molecule has 5 heteroatoms. The van der Waals surface area contributed by atoms with Crippen LogP contribution in [-0.4, -0.2) is 11.9 Å². The van der Waals surface area contributed by atoms with Gasteiger partial charge in [-0.3, -0.25) is 10.1 Å². The molecular weight excluding hydrogens is 368 g/mol. The van der Waals surface area contributed by atoms with Gasteiger partial charge in [-0.2, -0.15) is 0 Å². The van der Waals surface area contributed by atoms with E-state index < -0.39 is 11.9 Å². The molecule has 3 rings (SSSR count). The highest BCUT2D eigenvalue weighted by Crippen LogP contribution is 2.24. The van der Waals surface area contributed by atoms with Gasteiger partial charge >= 0.3 is 6.03 Å². The van der Waals surface area contributed by atoms with Crippen molar-refractivity contribution in [2.24, 2.45) is 0 Å². The third kappa shape index (κ3) is 4.00. The van der Waals surface area contributed by atoms with Gasteiger partial charge in [-0.15, -0.1) is 0 Å². The molecule has 0 radical (unpaired) electrons.